The summed E-state index contributed by atoms with van der Waals surface area (Å²) >= 11 is 9.05. The van der Waals surface area contributed by atoms with Gasteiger partial charge in [0.25, 0.3) is 0 Å². The average Bonchev–Trinajstić information content (AvgIpc) is 3.17. The van der Waals surface area contributed by atoms with Crippen molar-refractivity contribution in [3.63, 3.8) is 0 Å². The van der Waals surface area contributed by atoms with Gasteiger partial charge in [-0.05, 0) is 48.0 Å². The molecule has 8 heteroatoms. The second-order valence-corrected chi connectivity index (χ2v) is 7.88. The largest absolute Gasteiger partial charge is 0.398 e. The second kappa shape index (κ2) is 6.19. The zero-order valence-corrected chi connectivity index (χ0v) is 14.2. The summed E-state index contributed by atoms with van der Waals surface area (Å²) in [4.78, 5) is 2.22. The van der Waals surface area contributed by atoms with Crippen LogP contribution in [0.15, 0.2) is 21.5 Å². The highest BCUT2D eigenvalue weighted by atomic mass is 79.9. The maximum Gasteiger partial charge on any atom is 0.241 e. The van der Waals surface area contributed by atoms with Gasteiger partial charge >= 0.3 is 0 Å². The first kappa shape index (κ1) is 16.0. The van der Waals surface area contributed by atoms with Crippen LogP contribution in [-0.2, 0) is 10.0 Å². The molecule has 0 radical (unpaired) electrons. The highest BCUT2D eigenvalue weighted by molar-refractivity contribution is 9.10. The van der Waals surface area contributed by atoms with Gasteiger partial charge in [-0.25, -0.2) is 13.1 Å². The maximum absolute atomic E-state index is 12.3. The Kier molecular flexibility index (Phi) is 4.96. The number of hydrogen-bond donors (Lipinski definition) is 2. The van der Waals surface area contributed by atoms with Crippen molar-refractivity contribution in [1.29, 1.82) is 0 Å². The van der Waals surface area contributed by atoms with Crippen LogP contribution in [0, 0.1) is 0 Å². The van der Waals surface area contributed by atoms with Crippen LogP contribution in [-0.4, -0.2) is 39.5 Å². The molecule has 1 saturated carbocycles. The first-order valence-corrected chi connectivity index (χ1v) is 8.91. The lowest BCUT2D eigenvalue weighted by Gasteiger charge is -2.16. The molecular weight excluding hydrogens is 366 g/mol. The lowest BCUT2D eigenvalue weighted by atomic mass is 10.3. The lowest BCUT2D eigenvalue weighted by Crippen LogP contribution is -2.34. The molecule has 0 spiro atoms. The Hall–Kier alpha value is -0.340. The first-order chi connectivity index (χ1) is 9.31. The van der Waals surface area contributed by atoms with E-state index < -0.39 is 10.0 Å². The lowest BCUT2D eigenvalue weighted by molar-refractivity contribution is 0.329. The van der Waals surface area contributed by atoms with Crippen molar-refractivity contribution in [2.45, 2.75) is 23.8 Å². The standard InChI is InChI=1S/C12H17BrClN3O2S/c1-17(9-2-3-9)5-4-16-20(18,19)11-7-8(14)6-10(15)12(11)13/h6-7,9,16H,2-5,15H2,1H3. The van der Waals surface area contributed by atoms with E-state index in [1.54, 1.807) is 0 Å². The van der Waals surface area contributed by atoms with Crippen LogP contribution in [0.2, 0.25) is 5.02 Å². The molecule has 1 aromatic carbocycles. The summed E-state index contributed by atoms with van der Waals surface area (Å²) in [6.45, 7) is 1.03. The van der Waals surface area contributed by atoms with E-state index in [0.717, 1.165) is 0 Å². The molecule has 2 rings (SSSR count). The number of likely N-dealkylation sites (N-methyl/N-ethyl adjacent to an activating group) is 1. The molecule has 0 atom stereocenters. The summed E-state index contributed by atoms with van der Waals surface area (Å²) in [6, 6.07) is 3.49. The van der Waals surface area contributed by atoms with E-state index in [0.29, 0.717) is 34.3 Å². The van der Waals surface area contributed by atoms with Gasteiger partial charge in [-0.1, -0.05) is 11.6 Å². The molecule has 0 bridgehead atoms. The van der Waals surface area contributed by atoms with Crippen LogP contribution in [0.1, 0.15) is 12.8 Å². The Morgan fingerprint density at radius 1 is 1.50 bits per heavy atom. The van der Waals surface area contributed by atoms with Gasteiger partial charge in [0.05, 0.1) is 9.37 Å². The van der Waals surface area contributed by atoms with E-state index in [2.05, 4.69) is 25.6 Å². The summed E-state index contributed by atoms with van der Waals surface area (Å²) in [5.41, 5.74) is 6.01. The van der Waals surface area contributed by atoms with Crippen molar-refractivity contribution >= 4 is 43.2 Å². The molecule has 5 nitrogen and oxygen atoms in total. The molecule has 1 aromatic rings. The van der Waals surface area contributed by atoms with Crippen molar-refractivity contribution in [1.82, 2.24) is 9.62 Å². The fourth-order valence-electron chi connectivity index (χ4n) is 1.91. The number of hydrogen-bond acceptors (Lipinski definition) is 4. The van der Waals surface area contributed by atoms with Crippen LogP contribution in [0.25, 0.3) is 0 Å². The third-order valence-electron chi connectivity index (χ3n) is 3.25. The van der Waals surface area contributed by atoms with Crippen molar-refractivity contribution in [2.75, 3.05) is 25.9 Å². The number of nitrogens with two attached hydrogens (primary N) is 1. The Bertz CT molecular complexity index is 605. The number of benzene rings is 1. The van der Waals surface area contributed by atoms with Gasteiger partial charge in [-0.3, -0.25) is 0 Å². The predicted molar refractivity (Wildman–Crippen MR) is 84.4 cm³/mol. The van der Waals surface area contributed by atoms with Gasteiger partial charge in [0, 0.05) is 29.8 Å². The van der Waals surface area contributed by atoms with E-state index in [-0.39, 0.29) is 4.90 Å². The minimum Gasteiger partial charge on any atom is -0.398 e. The van der Waals surface area contributed by atoms with Crippen LogP contribution >= 0.6 is 27.5 Å². The topological polar surface area (TPSA) is 75.4 Å². The SMILES string of the molecule is CN(CCNS(=O)(=O)c1cc(Cl)cc(N)c1Br)C1CC1. The first-order valence-electron chi connectivity index (χ1n) is 6.25. The molecule has 0 saturated heterocycles. The number of sulfonamides is 1. The second-order valence-electron chi connectivity index (χ2n) is 4.92. The van der Waals surface area contributed by atoms with Crippen LogP contribution in [0.3, 0.4) is 0 Å². The van der Waals surface area contributed by atoms with Crippen LogP contribution in [0.5, 0.6) is 0 Å². The summed E-state index contributed by atoms with van der Waals surface area (Å²) in [5, 5.41) is 0.293. The number of nitrogens with zero attached hydrogens (tertiary/aromatic N) is 1. The smallest absolute Gasteiger partial charge is 0.241 e. The zero-order valence-electron chi connectivity index (χ0n) is 11.1. The fraction of sp³-hybridized carbons (Fsp3) is 0.500. The number of halogens is 2. The quantitative estimate of drug-likeness (QED) is 0.738. The third-order valence-corrected chi connectivity index (χ3v) is 6.10. The minimum absolute atomic E-state index is 0.0663. The van der Waals surface area contributed by atoms with Crippen molar-refractivity contribution in [3.05, 3.63) is 21.6 Å². The molecule has 3 N–H and O–H groups in total. The van der Waals surface area contributed by atoms with Crippen molar-refractivity contribution in [3.8, 4) is 0 Å². The average molecular weight is 383 g/mol. The molecule has 1 aliphatic carbocycles. The molecule has 20 heavy (non-hydrogen) atoms. The number of nitrogen functional groups attached to an aromatic ring is 1. The third kappa shape index (κ3) is 3.85. The Morgan fingerprint density at radius 2 is 2.15 bits per heavy atom. The van der Waals surface area contributed by atoms with E-state index in [1.165, 1.54) is 25.0 Å². The van der Waals surface area contributed by atoms with Gasteiger partial charge in [-0.2, -0.15) is 0 Å². The van der Waals surface area contributed by atoms with Gasteiger partial charge < -0.3 is 10.6 Å². The summed E-state index contributed by atoms with van der Waals surface area (Å²) in [6.07, 6.45) is 2.39. The summed E-state index contributed by atoms with van der Waals surface area (Å²) < 4.78 is 27.4. The number of nitrogens with one attached hydrogen (secondary N) is 1. The molecule has 0 heterocycles. The normalized spacial score (nSPS) is 15.8. The summed E-state index contributed by atoms with van der Waals surface area (Å²) in [5.74, 6) is 0. The zero-order chi connectivity index (χ0) is 14.9. The molecule has 112 valence electrons. The molecule has 1 aliphatic rings. The van der Waals surface area contributed by atoms with Gasteiger partial charge in [-0.15, -0.1) is 0 Å². The predicted octanol–water partition coefficient (Wildman–Crippen LogP) is 2.06. The Morgan fingerprint density at radius 3 is 2.75 bits per heavy atom. The molecule has 1 fully saturated rings. The van der Waals surface area contributed by atoms with Crippen LogP contribution in [0.4, 0.5) is 5.69 Å². The number of anilines is 1. The molecule has 0 aromatic heterocycles. The molecule has 0 amide bonds. The highest BCUT2D eigenvalue weighted by Gasteiger charge is 2.26. The van der Waals surface area contributed by atoms with Crippen molar-refractivity contribution < 1.29 is 8.42 Å². The van der Waals surface area contributed by atoms with E-state index in [9.17, 15) is 8.42 Å². The van der Waals surface area contributed by atoms with E-state index >= 15 is 0 Å². The fourth-order valence-corrected chi connectivity index (χ4v) is 4.22. The summed E-state index contributed by atoms with van der Waals surface area (Å²) in [7, 11) is -1.63. The van der Waals surface area contributed by atoms with Gasteiger partial charge in [0.15, 0.2) is 0 Å². The Balaban J connectivity index is 2.06. The van der Waals surface area contributed by atoms with E-state index in [4.69, 9.17) is 17.3 Å². The maximum atomic E-state index is 12.3. The van der Waals surface area contributed by atoms with Crippen LogP contribution < -0.4 is 10.5 Å². The monoisotopic (exact) mass is 381 g/mol. The van der Waals surface area contributed by atoms with E-state index in [1.807, 2.05) is 7.05 Å². The van der Waals surface area contributed by atoms with Gasteiger partial charge in [0.1, 0.15) is 0 Å². The molecule has 0 aliphatic heterocycles. The molecule has 0 unspecified atom stereocenters. The highest BCUT2D eigenvalue weighted by Crippen LogP contribution is 2.31. The van der Waals surface area contributed by atoms with Gasteiger partial charge in [0.2, 0.25) is 10.0 Å². The minimum atomic E-state index is -3.62. The molecular formula is C12H17BrClN3O2S. The number of rotatable bonds is 6. The van der Waals surface area contributed by atoms with Crippen molar-refractivity contribution in [2.24, 2.45) is 0 Å². The Labute approximate surface area is 132 Å².